The highest BCUT2D eigenvalue weighted by Crippen LogP contribution is 2.54. The molecule has 2 aromatic rings. The summed E-state index contributed by atoms with van der Waals surface area (Å²) < 4.78 is 35.8. The van der Waals surface area contributed by atoms with Crippen molar-refractivity contribution in [3.05, 3.63) is 90.3 Å². The third-order valence-corrected chi connectivity index (χ3v) is 10.4. The van der Waals surface area contributed by atoms with E-state index < -0.39 is 113 Å². The number of aliphatic hydroxyl groups is 2. The summed E-state index contributed by atoms with van der Waals surface area (Å²) in [5, 5.41) is 25.7. The maximum absolute atomic E-state index is 13.9. The van der Waals surface area contributed by atoms with E-state index in [4.69, 9.17) is 28.4 Å². The molecule has 0 amide bonds. The Morgan fingerprint density at radius 2 is 1.31 bits per heavy atom. The number of hydrogen-bond donors (Lipinski definition) is 2. The molecule has 2 N–H and O–H groups in total. The fraction of sp³-hybridized carbons (Fsp3) is 0.512. The molecule has 1 heterocycles. The monoisotopic (exact) mass is 807 g/mol. The quantitative estimate of drug-likeness (QED) is 0.203. The molecule has 1 saturated carbocycles. The van der Waals surface area contributed by atoms with Crippen molar-refractivity contribution in [2.24, 2.45) is 23.2 Å². The van der Waals surface area contributed by atoms with Crippen LogP contribution in [0.4, 0.5) is 0 Å². The van der Waals surface area contributed by atoms with Crippen LogP contribution >= 0.6 is 0 Å². The molecule has 8 unspecified atom stereocenters. The smallest absolute Gasteiger partial charge is 0.338 e. The zero-order valence-corrected chi connectivity index (χ0v) is 34.2. The van der Waals surface area contributed by atoms with Gasteiger partial charge in [-0.2, -0.15) is 0 Å². The number of pyridine rings is 1. The Morgan fingerprint density at radius 1 is 0.759 bits per heavy atom. The zero-order chi connectivity index (χ0) is 43.3. The fourth-order valence-corrected chi connectivity index (χ4v) is 7.79. The van der Waals surface area contributed by atoms with Crippen LogP contribution in [0.1, 0.15) is 89.5 Å². The van der Waals surface area contributed by atoms with E-state index in [1.165, 1.54) is 57.4 Å². The molecule has 314 valence electrons. The predicted molar refractivity (Wildman–Crippen MR) is 205 cm³/mol. The van der Waals surface area contributed by atoms with E-state index in [0.717, 1.165) is 20.8 Å². The van der Waals surface area contributed by atoms with E-state index >= 15 is 0 Å². The summed E-state index contributed by atoms with van der Waals surface area (Å²) in [5.74, 6) is -8.63. The summed E-state index contributed by atoms with van der Waals surface area (Å²) in [6.45, 7) is 16.8. The lowest BCUT2D eigenvalue weighted by molar-refractivity contribution is -0.193. The second-order valence-corrected chi connectivity index (χ2v) is 16.0. The van der Waals surface area contributed by atoms with Crippen LogP contribution < -0.4 is 0 Å². The largest absolute Gasteiger partial charge is 0.459 e. The molecule has 15 nitrogen and oxygen atoms in total. The first-order valence-electron chi connectivity index (χ1n) is 18.9. The second-order valence-electron chi connectivity index (χ2n) is 16.0. The molecule has 15 heteroatoms. The molecule has 0 aliphatic heterocycles. The minimum Gasteiger partial charge on any atom is -0.459 e. The first-order valence-corrected chi connectivity index (χ1v) is 18.9. The first kappa shape index (κ1) is 45.3. The normalized spacial score (nSPS) is 30.7. The highest BCUT2D eigenvalue weighted by atomic mass is 16.6. The molecular weight excluding hydrogens is 754 g/mol. The second kappa shape index (κ2) is 18.0. The van der Waals surface area contributed by atoms with Gasteiger partial charge in [0.1, 0.15) is 35.6 Å². The molecule has 0 spiro atoms. The lowest BCUT2D eigenvalue weighted by Crippen LogP contribution is -2.59. The van der Waals surface area contributed by atoms with Crippen LogP contribution in [0.2, 0.25) is 0 Å². The fourth-order valence-electron chi connectivity index (χ4n) is 7.79. The summed E-state index contributed by atoms with van der Waals surface area (Å²) in [7, 11) is 0. The van der Waals surface area contributed by atoms with Crippen molar-refractivity contribution in [3.8, 4) is 0 Å². The first-order chi connectivity index (χ1) is 27.0. The van der Waals surface area contributed by atoms with Gasteiger partial charge in [0, 0.05) is 56.5 Å². The summed E-state index contributed by atoms with van der Waals surface area (Å²) in [5.41, 5.74) is -5.78. The van der Waals surface area contributed by atoms with Gasteiger partial charge in [-0.3, -0.25) is 24.2 Å². The molecule has 2 aliphatic carbocycles. The maximum atomic E-state index is 13.9. The number of nitrogens with zero attached hydrogens (tertiary/aromatic N) is 1. The Bertz CT molecular complexity index is 1890. The predicted octanol–water partition coefficient (Wildman–Crippen LogP) is 4.49. The van der Waals surface area contributed by atoms with Gasteiger partial charge < -0.3 is 38.6 Å². The number of aromatic nitrogens is 1. The molecule has 1 aromatic carbocycles. The van der Waals surface area contributed by atoms with Crippen LogP contribution in [0, 0.1) is 23.2 Å². The summed E-state index contributed by atoms with van der Waals surface area (Å²) in [4.78, 5) is 83.8. The van der Waals surface area contributed by atoms with Gasteiger partial charge in [-0.05, 0) is 31.2 Å². The van der Waals surface area contributed by atoms with Crippen LogP contribution in [0.25, 0.3) is 0 Å². The molecule has 1 fully saturated rings. The van der Waals surface area contributed by atoms with Crippen molar-refractivity contribution >= 4 is 35.8 Å². The minimum absolute atomic E-state index is 0.0761. The molecule has 0 radical (unpaired) electrons. The van der Waals surface area contributed by atoms with Crippen LogP contribution in [0.3, 0.4) is 0 Å². The van der Waals surface area contributed by atoms with Gasteiger partial charge in [0.05, 0.1) is 23.0 Å². The van der Waals surface area contributed by atoms with Crippen LogP contribution in [-0.2, 0) is 47.6 Å². The van der Waals surface area contributed by atoms with Crippen LogP contribution in [0.5, 0.6) is 0 Å². The minimum atomic E-state index is -2.39. The van der Waals surface area contributed by atoms with E-state index in [1.54, 1.807) is 51.1 Å². The van der Waals surface area contributed by atoms with Crippen molar-refractivity contribution in [1.29, 1.82) is 0 Å². The molecule has 10 atom stereocenters. The van der Waals surface area contributed by atoms with Gasteiger partial charge in [-0.15, -0.1) is 0 Å². The van der Waals surface area contributed by atoms with E-state index in [1.807, 2.05) is 0 Å². The van der Waals surface area contributed by atoms with Crippen LogP contribution in [0.15, 0.2) is 79.2 Å². The number of carbonyl (C=O) groups is 6. The lowest BCUT2D eigenvalue weighted by Gasteiger charge is -2.45. The van der Waals surface area contributed by atoms with E-state index in [9.17, 15) is 39.0 Å². The Balaban J connectivity index is 2.08. The summed E-state index contributed by atoms with van der Waals surface area (Å²) in [6.07, 6.45) is -5.02. The Labute approximate surface area is 337 Å². The Morgan fingerprint density at radius 3 is 1.84 bits per heavy atom. The van der Waals surface area contributed by atoms with E-state index in [0.29, 0.717) is 0 Å². The summed E-state index contributed by atoms with van der Waals surface area (Å²) in [6, 6.07) is 10.6. The Hall–Kier alpha value is -5.41. The number of ether oxygens (including phenoxy) is 6. The van der Waals surface area contributed by atoms with E-state index in [-0.39, 0.29) is 16.7 Å². The van der Waals surface area contributed by atoms with Crippen molar-refractivity contribution in [3.63, 3.8) is 0 Å². The SMILES string of the molecule is C=C1C(OC(=O)C(C)C)C(O)C(OC(=O)c2ccncc2)C(C)(C)C=CC(C)C(OC(C)=O)[C@@]2(O)C[C@@](C)(OC(C)=O)C(OC(=O)c3ccccc3)C2C1OC(C)=O. The molecule has 0 bridgehead atoms. The molecule has 1 aromatic heterocycles. The molecule has 4 rings (SSSR count). The maximum Gasteiger partial charge on any atom is 0.338 e. The average molecular weight is 808 g/mol. The molecule has 58 heavy (non-hydrogen) atoms. The topological polar surface area (TPSA) is 211 Å². The highest BCUT2D eigenvalue weighted by molar-refractivity contribution is 5.90. The van der Waals surface area contributed by atoms with Crippen molar-refractivity contribution in [1.82, 2.24) is 4.98 Å². The Kier molecular flexibility index (Phi) is 14.1. The number of hydrogen-bond acceptors (Lipinski definition) is 15. The number of esters is 6. The standard InChI is InChI=1S/C43H53NO14/c1-23(2)38(49)55-34-25(4)33(53-26(5)45)31-36(56-39(50)29-14-12-11-13-15-29)42(10,58-28(7)47)22-43(31,52)35(54-27(6)46)24(3)16-19-41(8,9)37(32(34)48)57-40(51)30-17-20-44-21-18-30/h11-21,23-24,31-37,48,52H,4,22H2,1-3,5-10H3/t24?,31?,32?,33?,34?,35?,36?,37?,42-,43-/m1/s1. The molecule has 0 saturated heterocycles. The van der Waals surface area contributed by atoms with Crippen molar-refractivity contribution in [2.45, 2.75) is 117 Å². The molecule has 2 aliphatic rings. The third-order valence-electron chi connectivity index (χ3n) is 10.4. The van der Waals surface area contributed by atoms with Gasteiger partial charge in [-0.1, -0.05) is 71.5 Å². The third kappa shape index (κ3) is 9.99. The summed E-state index contributed by atoms with van der Waals surface area (Å²) >= 11 is 0. The van der Waals surface area contributed by atoms with Crippen LogP contribution in [-0.4, -0.2) is 98.8 Å². The van der Waals surface area contributed by atoms with E-state index in [2.05, 4.69) is 11.6 Å². The number of carbonyl (C=O) groups excluding carboxylic acids is 6. The van der Waals surface area contributed by atoms with Crippen molar-refractivity contribution in [2.75, 3.05) is 0 Å². The lowest BCUT2D eigenvalue weighted by atomic mass is 9.71. The number of rotatable bonds is 9. The molecular formula is C43H53NO14. The number of fused-ring (bicyclic) bond motifs is 1. The van der Waals surface area contributed by atoms with Gasteiger partial charge in [0.2, 0.25) is 0 Å². The number of benzene rings is 1. The zero-order valence-electron chi connectivity index (χ0n) is 34.2. The van der Waals surface area contributed by atoms with Gasteiger partial charge in [0.25, 0.3) is 0 Å². The van der Waals surface area contributed by atoms with Gasteiger partial charge in [-0.25, -0.2) is 9.59 Å². The van der Waals surface area contributed by atoms with Crippen molar-refractivity contribution < 1.29 is 67.4 Å². The average Bonchev–Trinajstić information content (AvgIpc) is 3.36. The van der Waals surface area contributed by atoms with Gasteiger partial charge >= 0.3 is 35.8 Å². The number of aliphatic hydroxyl groups excluding tert-OH is 1. The van der Waals surface area contributed by atoms with Gasteiger partial charge in [0.15, 0.2) is 12.2 Å². The highest BCUT2D eigenvalue weighted by Gasteiger charge is 2.70.